The van der Waals surface area contributed by atoms with Gasteiger partial charge in [-0.15, -0.1) is 0 Å². The molecule has 17 heavy (non-hydrogen) atoms. The first kappa shape index (κ1) is 14.8. The van der Waals surface area contributed by atoms with E-state index >= 15 is 0 Å². The molecule has 0 aliphatic carbocycles. The molecule has 0 aromatic carbocycles. The molecule has 1 fully saturated rings. The van der Waals surface area contributed by atoms with Crippen molar-refractivity contribution in [1.82, 2.24) is 10.2 Å². The molecule has 1 N–H and O–H groups in total. The fourth-order valence-electron chi connectivity index (χ4n) is 2.42. The summed E-state index contributed by atoms with van der Waals surface area (Å²) >= 11 is 1.81. The van der Waals surface area contributed by atoms with Crippen LogP contribution >= 0.6 is 11.8 Å². The summed E-state index contributed by atoms with van der Waals surface area (Å²) in [4.78, 5) is 14.3. The van der Waals surface area contributed by atoms with Gasteiger partial charge >= 0.3 is 0 Å². The third-order valence-corrected chi connectivity index (χ3v) is 4.41. The summed E-state index contributed by atoms with van der Waals surface area (Å²) in [7, 11) is 1.95. The Morgan fingerprint density at radius 3 is 2.82 bits per heavy atom. The highest BCUT2D eigenvalue weighted by molar-refractivity contribution is 7.98. The second-order valence-electron chi connectivity index (χ2n) is 5.10. The van der Waals surface area contributed by atoms with Gasteiger partial charge in [-0.2, -0.15) is 11.8 Å². The van der Waals surface area contributed by atoms with Crippen molar-refractivity contribution < 1.29 is 4.79 Å². The predicted molar refractivity (Wildman–Crippen MR) is 75.4 cm³/mol. The van der Waals surface area contributed by atoms with Crippen molar-refractivity contribution in [2.24, 2.45) is 5.92 Å². The van der Waals surface area contributed by atoms with Crippen LogP contribution in [-0.4, -0.2) is 48.5 Å². The Balaban J connectivity index is 2.54. The Kier molecular flexibility index (Phi) is 6.34. The van der Waals surface area contributed by atoms with Gasteiger partial charge < -0.3 is 10.2 Å². The number of hydrogen-bond acceptors (Lipinski definition) is 3. The Morgan fingerprint density at radius 1 is 1.59 bits per heavy atom. The summed E-state index contributed by atoms with van der Waals surface area (Å²) < 4.78 is 0. The first-order valence-corrected chi connectivity index (χ1v) is 7.98. The van der Waals surface area contributed by atoms with Crippen molar-refractivity contribution in [3.05, 3.63) is 0 Å². The largest absolute Gasteiger partial charge is 0.341 e. The van der Waals surface area contributed by atoms with E-state index in [1.165, 1.54) is 6.42 Å². The highest BCUT2D eigenvalue weighted by Gasteiger charge is 2.29. The number of thioether (sulfide) groups is 1. The highest BCUT2D eigenvalue weighted by Crippen LogP contribution is 2.18. The molecule has 0 radical (unpaired) electrons. The smallest absolute Gasteiger partial charge is 0.239 e. The molecule has 0 aromatic heterocycles. The van der Waals surface area contributed by atoms with Crippen LogP contribution in [0.4, 0.5) is 0 Å². The lowest BCUT2D eigenvalue weighted by Gasteiger charge is -2.34. The molecule has 0 spiro atoms. The van der Waals surface area contributed by atoms with Crippen LogP contribution < -0.4 is 5.32 Å². The van der Waals surface area contributed by atoms with Crippen molar-refractivity contribution in [1.29, 1.82) is 0 Å². The molecule has 0 saturated carbocycles. The fraction of sp³-hybridized carbons (Fsp3) is 0.923. The first-order chi connectivity index (χ1) is 8.10. The molecule has 1 rings (SSSR count). The Hall–Kier alpha value is -0.220. The zero-order valence-electron chi connectivity index (χ0n) is 11.5. The van der Waals surface area contributed by atoms with E-state index in [0.29, 0.717) is 12.0 Å². The average molecular weight is 258 g/mol. The predicted octanol–water partition coefficient (Wildman–Crippen LogP) is 1.97. The molecule has 0 aromatic rings. The molecule has 1 amide bonds. The van der Waals surface area contributed by atoms with Gasteiger partial charge in [0, 0.05) is 18.8 Å². The summed E-state index contributed by atoms with van der Waals surface area (Å²) in [5.74, 6) is 1.97. The molecular weight excluding hydrogens is 232 g/mol. The van der Waals surface area contributed by atoms with Crippen molar-refractivity contribution in [3.63, 3.8) is 0 Å². The zero-order chi connectivity index (χ0) is 12.8. The van der Waals surface area contributed by atoms with Gasteiger partial charge in [0.1, 0.15) is 0 Å². The fourth-order valence-corrected chi connectivity index (χ4v) is 3.26. The van der Waals surface area contributed by atoms with Crippen LogP contribution in [0.2, 0.25) is 0 Å². The third-order valence-electron chi connectivity index (χ3n) is 3.69. The van der Waals surface area contributed by atoms with Gasteiger partial charge in [-0.1, -0.05) is 13.8 Å². The molecule has 1 aliphatic rings. The van der Waals surface area contributed by atoms with Crippen LogP contribution in [0.3, 0.4) is 0 Å². The summed E-state index contributed by atoms with van der Waals surface area (Å²) in [6.07, 6.45) is 5.31. The molecule has 1 aliphatic heterocycles. The van der Waals surface area contributed by atoms with E-state index in [0.717, 1.165) is 25.1 Å². The lowest BCUT2D eigenvalue weighted by molar-refractivity contribution is -0.134. The molecule has 3 unspecified atom stereocenters. The maximum Gasteiger partial charge on any atom is 0.239 e. The summed E-state index contributed by atoms with van der Waals surface area (Å²) in [6.45, 7) is 5.37. The standard InChI is InChI=1S/C13H26N2OS/c1-5-11(9-17-4)15(3)13(16)12-8-10(2)6-7-14-12/h10-12,14H,5-9H2,1-4H3. The highest BCUT2D eigenvalue weighted by atomic mass is 32.2. The number of piperidine rings is 1. The van der Waals surface area contributed by atoms with Crippen molar-refractivity contribution in [2.45, 2.75) is 45.2 Å². The quantitative estimate of drug-likeness (QED) is 0.818. The van der Waals surface area contributed by atoms with Crippen molar-refractivity contribution in [2.75, 3.05) is 25.6 Å². The van der Waals surface area contributed by atoms with Crippen LogP contribution in [0.15, 0.2) is 0 Å². The first-order valence-electron chi connectivity index (χ1n) is 6.59. The second kappa shape index (κ2) is 7.27. The van der Waals surface area contributed by atoms with Crippen LogP contribution in [-0.2, 0) is 4.79 Å². The van der Waals surface area contributed by atoms with E-state index in [1.807, 2.05) is 23.7 Å². The number of hydrogen-bond donors (Lipinski definition) is 1. The van der Waals surface area contributed by atoms with E-state index in [4.69, 9.17) is 0 Å². The molecule has 3 atom stereocenters. The van der Waals surface area contributed by atoms with Crippen LogP contribution in [0, 0.1) is 5.92 Å². The number of rotatable bonds is 5. The van der Waals surface area contributed by atoms with Gasteiger partial charge in [0.2, 0.25) is 5.91 Å². The number of carbonyl (C=O) groups excluding carboxylic acids is 1. The Labute approximate surface area is 110 Å². The second-order valence-corrected chi connectivity index (χ2v) is 6.01. The van der Waals surface area contributed by atoms with E-state index in [9.17, 15) is 4.79 Å². The minimum Gasteiger partial charge on any atom is -0.341 e. The molecule has 3 nitrogen and oxygen atoms in total. The molecule has 1 heterocycles. The van der Waals surface area contributed by atoms with Gasteiger partial charge in [0.25, 0.3) is 0 Å². The Bertz CT molecular complexity index is 248. The van der Waals surface area contributed by atoms with Gasteiger partial charge in [0.15, 0.2) is 0 Å². The minimum atomic E-state index is 0.0413. The number of amides is 1. The van der Waals surface area contributed by atoms with Gasteiger partial charge in [-0.3, -0.25) is 4.79 Å². The maximum atomic E-state index is 12.4. The third kappa shape index (κ3) is 4.18. The molecule has 1 saturated heterocycles. The maximum absolute atomic E-state index is 12.4. The summed E-state index contributed by atoms with van der Waals surface area (Å²) in [6, 6.07) is 0.413. The summed E-state index contributed by atoms with van der Waals surface area (Å²) in [5, 5.41) is 3.35. The zero-order valence-corrected chi connectivity index (χ0v) is 12.3. The molecule has 4 heteroatoms. The van der Waals surface area contributed by atoms with Crippen molar-refractivity contribution in [3.8, 4) is 0 Å². The molecular formula is C13H26N2OS. The normalized spacial score (nSPS) is 26.6. The topological polar surface area (TPSA) is 32.3 Å². The minimum absolute atomic E-state index is 0.0413. The van der Waals surface area contributed by atoms with Gasteiger partial charge in [0.05, 0.1) is 6.04 Å². The van der Waals surface area contributed by atoms with Crippen molar-refractivity contribution >= 4 is 17.7 Å². The number of nitrogens with zero attached hydrogens (tertiary/aromatic N) is 1. The van der Waals surface area contributed by atoms with Gasteiger partial charge in [-0.25, -0.2) is 0 Å². The molecule has 0 bridgehead atoms. The van der Waals surface area contributed by atoms with E-state index < -0.39 is 0 Å². The summed E-state index contributed by atoms with van der Waals surface area (Å²) in [5.41, 5.74) is 0. The van der Waals surface area contributed by atoms with Crippen LogP contribution in [0.1, 0.15) is 33.1 Å². The average Bonchev–Trinajstić information content (AvgIpc) is 2.34. The van der Waals surface area contributed by atoms with E-state index in [-0.39, 0.29) is 11.9 Å². The van der Waals surface area contributed by atoms with Crippen LogP contribution in [0.25, 0.3) is 0 Å². The van der Waals surface area contributed by atoms with E-state index in [1.54, 1.807) is 0 Å². The monoisotopic (exact) mass is 258 g/mol. The lowest BCUT2D eigenvalue weighted by Crippen LogP contribution is -2.52. The Morgan fingerprint density at radius 2 is 2.29 bits per heavy atom. The number of likely N-dealkylation sites (N-methyl/N-ethyl adjacent to an activating group) is 1. The van der Waals surface area contributed by atoms with Crippen LogP contribution in [0.5, 0.6) is 0 Å². The molecule has 100 valence electrons. The lowest BCUT2D eigenvalue weighted by atomic mass is 9.93. The van der Waals surface area contributed by atoms with Gasteiger partial charge in [-0.05, 0) is 38.0 Å². The SMILES string of the molecule is CCC(CSC)N(C)C(=O)C1CC(C)CCN1. The van der Waals surface area contributed by atoms with E-state index in [2.05, 4.69) is 25.4 Å². The number of carbonyl (C=O) groups is 1. The number of nitrogens with one attached hydrogen (secondary N) is 1.